The standard InChI is InChI=1S/C27H37F2N5O2/c1-2-4-24(31-21-6-5-19-13-20(28)14-23(29)22(19)15-21)26(35)32-25-16-34(18-30-25)27(7-3-8-27)17-33-9-11-36-12-10-33/h13-14,16,18,21,24,31H,2-12,15,17H2,1H3,(H,32,35)/t21?,24-/m0/s1. The molecule has 9 heteroatoms. The summed E-state index contributed by atoms with van der Waals surface area (Å²) in [5, 5.41) is 6.46. The number of carbonyl (C=O) groups excluding carboxylic acids is 1. The number of nitrogens with one attached hydrogen (secondary N) is 2. The molecular weight excluding hydrogens is 464 g/mol. The van der Waals surface area contributed by atoms with Gasteiger partial charge in [0.05, 0.1) is 31.1 Å². The van der Waals surface area contributed by atoms with Crippen LogP contribution in [0, 0.1) is 11.6 Å². The summed E-state index contributed by atoms with van der Waals surface area (Å²) in [5.74, 6) is -0.593. The first-order valence-corrected chi connectivity index (χ1v) is 13.3. The van der Waals surface area contributed by atoms with Crippen molar-refractivity contribution in [2.24, 2.45) is 0 Å². The van der Waals surface area contributed by atoms with Crippen LogP contribution in [0.3, 0.4) is 0 Å². The molecule has 1 aromatic heterocycles. The van der Waals surface area contributed by atoms with Gasteiger partial charge in [0.25, 0.3) is 0 Å². The third kappa shape index (κ3) is 5.48. The molecule has 1 saturated carbocycles. The number of anilines is 1. The van der Waals surface area contributed by atoms with Crippen LogP contribution >= 0.6 is 0 Å². The van der Waals surface area contributed by atoms with E-state index in [1.807, 2.05) is 19.4 Å². The van der Waals surface area contributed by atoms with E-state index in [9.17, 15) is 13.6 Å². The number of aromatic nitrogens is 2. The average molecular weight is 502 g/mol. The number of halogens is 2. The number of morpholine rings is 1. The number of aryl methyl sites for hydroxylation is 1. The van der Waals surface area contributed by atoms with Crippen molar-refractivity contribution >= 4 is 11.7 Å². The summed E-state index contributed by atoms with van der Waals surface area (Å²) >= 11 is 0. The maximum absolute atomic E-state index is 14.4. The number of imidazole rings is 1. The van der Waals surface area contributed by atoms with E-state index in [-0.39, 0.29) is 17.5 Å². The summed E-state index contributed by atoms with van der Waals surface area (Å²) in [6.45, 7) is 6.49. The van der Waals surface area contributed by atoms with Gasteiger partial charge in [-0.2, -0.15) is 0 Å². The van der Waals surface area contributed by atoms with E-state index in [1.54, 1.807) is 0 Å². The maximum Gasteiger partial charge on any atom is 0.242 e. The first kappa shape index (κ1) is 25.3. The quantitative estimate of drug-likeness (QED) is 0.549. The highest BCUT2D eigenvalue weighted by atomic mass is 19.1. The number of fused-ring (bicyclic) bond motifs is 1. The van der Waals surface area contributed by atoms with Crippen molar-refractivity contribution in [1.82, 2.24) is 19.8 Å². The SMILES string of the molecule is CCC[C@H](NC1CCc2cc(F)cc(F)c2C1)C(=O)Nc1cn(C2(CN3CCOCC3)CCC2)cn1. The zero-order valence-electron chi connectivity index (χ0n) is 21.1. The fourth-order valence-electron chi connectivity index (χ4n) is 5.91. The zero-order valence-corrected chi connectivity index (χ0v) is 21.1. The highest BCUT2D eigenvalue weighted by molar-refractivity contribution is 5.94. The van der Waals surface area contributed by atoms with Crippen LogP contribution < -0.4 is 10.6 Å². The number of benzene rings is 1. The molecule has 3 aliphatic rings. The molecule has 2 aromatic rings. The Morgan fingerprint density at radius 2 is 2.08 bits per heavy atom. The molecule has 36 heavy (non-hydrogen) atoms. The van der Waals surface area contributed by atoms with Crippen molar-refractivity contribution in [1.29, 1.82) is 0 Å². The number of carbonyl (C=O) groups is 1. The number of rotatable bonds is 9. The van der Waals surface area contributed by atoms with Crippen molar-refractivity contribution < 1.29 is 18.3 Å². The molecule has 1 unspecified atom stereocenters. The topological polar surface area (TPSA) is 71.4 Å². The molecule has 2 aliphatic carbocycles. The predicted octanol–water partition coefficient (Wildman–Crippen LogP) is 3.63. The Balaban J connectivity index is 1.22. The van der Waals surface area contributed by atoms with E-state index in [4.69, 9.17) is 4.74 Å². The Morgan fingerprint density at radius 3 is 2.81 bits per heavy atom. The molecule has 1 amide bonds. The third-order valence-electron chi connectivity index (χ3n) is 8.08. The normalized spacial score (nSPS) is 22.5. The Kier molecular flexibility index (Phi) is 7.69. The molecule has 0 spiro atoms. The molecule has 0 bridgehead atoms. The molecule has 2 atom stereocenters. The van der Waals surface area contributed by atoms with Gasteiger partial charge in [0.1, 0.15) is 11.6 Å². The number of hydrogen-bond acceptors (Lipinski definition) is 5. The Bertz CT molecular complexity index is 1060. The Labute approximate surface area is 211 Å². The van der Waals surface area contributed by atoms with Gasteiger partial charge in [0.2, 0.25) is 5.91 Å². The molecule has 0 radical (unpaired) electrons. The van der Waals surface area contributed by atoms with Gasteiger partial charge in [-0.3, -0.25) is 9.69 Å². The number of nitrogens with zero attached hydrogens (tertiary/aromatic N) is 3. The molecule has 196 valence electrons. The van der Waals surface area contributed by atoms with Gasteiger partial charge >= 0.3 is 0 Å². The number of amides is 1. The number of hydrogen-bond donors (Lipinski definition) is 2. The second-order valence-electron chi connectivity index (χ2n) is 10.6. The van der Waals surface area contributed by atoms with Crippen LogP contribution in [0.4, 0.5) is 14.6 Å². The summed E-state index contributed by atoms with van der Waals surface area (Å²) in [4.78, 5) is 20.2. The molecule has 2 fully saturated rings. The van der Waals surface area contributed by atoms with Gasteiger partial charge in [0, 0.05) is 37.9 Å². The second kappa shape index (κ2) is 10.9. The first-order valence-electron chi connectivity index (χ1n) is 13.3. The average Bonchev–Trinajstić information content (AvgIpc) is 3.30. The molecule has 2 N–H and O–H groups in total. The van der Waals surface area contributed by atoms with Crippen molar-refractivity contribution in [3.8, 4) is 0 Å². The van der Waals surface area contributed by atoms with Crippen LogP contribution in [0.15, 0.2) is 24.7 Å². The minimum Gasteiger partial charge on any atom is -0.379 e. The minimum atomic E-state index is -0.533. The largest absolute Gasteiger partial charge is 0.379 e. The van der Waals surface area contributed by atoms with Crippen LogP contribution in [-0.2, 0) is 27.9 Å². The van der Waals surface area contributed by atoms with Crippen LogP contribution in [-0.4, -0.2) is 65.3 Å². The summed E-state index contributed by atoms with van der Waals surface area (Å²) < 4.78 is 35.6. The predicted molar refractivity (Wildman–Crippen MR) is 134 cm³/mol. The summed E-state index contributed by atoms with van der Waals surface area (Å²) in [5.41, 5.74) is 1.32. The molecule has 5 rings (SSSR count). The molecule has 1 aliphatic heterocycles. The van der Waals surface area contributed by atoms with E-state index in [1.165, 1.54) is 12.5 Å². The van der Waals surface area contributed by atoms with E-state index in [0.717, 1.165) is 70.2 Å². The lowest BCUT2D eigenvalue weighted by Crippen LogP contribution is -2.52. The molecule has 1 aromatic carbocycles. The van der Waals surface area contributed by atoms with E-state index in [2.05, 4.69) is 25.1 Å². The number of ether oxygens (including phenoxy) is 1. The first-order chi connectivity index (χ1) is 17.5. The monoisotopic (exact) mass is 501 g/mol. The van der Waals surface area contributed by atoms with Gasteiger partial charge in [-0.1, -0.05) is 13.3 Å². The van der Waals surface area contributed by atoms with Crippen LogP contribution in [0.25, 0.3) is 0 Å². The van der Waals surface area contributed by atoms with Gasteiger partial charge < -0.3 is 19.9 Å². The van der Waals surface area contributed by atoms with Gasteiger partial charge in [-0.25, -0.2) is 13.8 Å². The van der Waals surface area contributed by atoms with Crippen LogP contribution in [0.5, 0.6) is 0 Å². The Hall–Kier alpha value is -2.36. The van der Waals surface area contributed by atoms with Gasteiger partial charge in [0.15, 0.2) is 5.82 Å². The van der Waals surface area contributed by atoms with E-state index in [0.29, 0.717) is 30.6 Å². The third-order valence-corrected chi connectivity index (χ3v) is 8.08. The molecule has 2 heterocycles. The summed E-state index contributed by atoms with van der Waals surface area (Å²) in [6.07, 6.45) is 10.5. The maximum atomic E-state index is 14.4. The minimum absolute atomic E-state index is 0.0351. The summed E-state index contributed by atoms with van der Waals surface area (Å²) in [6, 6.07) is 1.93. The smallest absolute Gasteiger partial charge is 0.242 e. The molecular formula is C27H37F2N5O2. The van der Waals surface area contributed by atoms with Crippen molar-refractivity contribution in [2.75, 3.05) is 38.2 Å². The van der Waals surface area contributed by atoms with Crippen LogP contribution in [0.1, 0.15) is 56.6 Å². The van der Waals surface area contributed by atoms with Gasteiger partial charge in [-0.05, 0) is 62.1 Å². The lowest BCUT2D eigenvalue weighted by molar-refractivity contribution is -0.118. The van der Waals surface area contributed by atoms with E-state index >= 15 is 0 Å². The van der Waals surface area contributed by atoms with Gasteiger partial charge in [-0.15, -0.1) is 0 Å². The van der Waals surface area contributed by atoms with Crippen molar-refractivity contribution in [3.63, 3.8) is 0 Å². The summed E-state index contributed by atoms with van der Waals surface area (Å²) in [7, 11) is 0. The fourth-order valence-corrected chi connectivity index (χ4v) is 5.91. The zero-order chi connectivity index (χ0) is 25.1. The van der Waals surface area contributed by atoms with Crippen molar-refractivity contribution in [2.45, 2.75) is 75.9 Å². The lowest BCUT2D eigenvalue weighted by Gasteiger charge is -2.46. The second-order valence-corrected chi connectivity index (χ2v) is 10.6. The van der Waals surface area contributed by atoms with E-state index < -0.39 is 17.7 Å². The lowest BCUT2D eigenvalue weighted by atomic mass is 9.76. The van der Waals surface area contributed by atoms with Crippen molar-refractivity contribution in [3.05, 3.63) is 47.4 Å². The molecule has 7 nitrogen and oxygen atoms in total. The highest BCUT2D eigenvalue weighted by Crippen LogP contribution is 2.40. The Morgan fingerprint density at radius 1 is 1.28 bits per heavy atom. The fraction of sp³-hybridized carbons (Fsp3) is 0.630. The molecule has 1 saturated heterocycles. The highest BCUT2D eigenvalue weighted by Gasteiger charge is 2.40. The van der Waals surface area contributed by atoms with Crippen LogP contribution in [0.2, 0.25) is 0 Å².